The van der Waals surface area contributed by atoms with Crippen LogP contribution in [0.2, 0.25) is 0 Å². The van der Waals surface area contributed by atoms with E-state index in [1.54, 1.807) is 0 Å². The highest BCUT2D eigenvalue weighted by atomic mass is 16.5. The predicted molar refractivity (Wildman–Crippen MR) is 71.8 cm³/mol. The van der Waals surface area contributed by atoms with Crippen LogP contribution < -0.4 is 0 Å². The zero-order chi connectivity index (χ0) is 12.9. The maximum absolute atomic E-state index is 12.0. The van der Waals surface area contributed by atoms with Crippen molar-refractivity contribution >= 4 is 5.97 Å². The molecule has 0 bridgehead atoms. The molecule has 0 amide bonds. The zero-order valence-electron chi connectivity index (χ0n) is 10.5. The van der Waals surface area contributed by atoms with Crippen molar-refractivity contribution in [2.45, 2.75) is 11.3 Å². The largest absolute Gasteiger partial charge is 0.464 e. The van der Waals surface area contributed by atoms with Gasteiger partial charge >= 0.3 is 5.97 Å². The molecule has 2 aromatic rings. The first-order valence-corrected chi connectivity index (χ1v) is 6.61. The molecular formula is C17H14O2. The highest BCUT2D eigenvalue weighted by Gasteiger charge is 2.74. The molecular weight excluding hydrogens is 236 g/mol. The molecule has 19 heavy (non-hydrogen) atoms. The number of ether oxygens (including phenoxy) is 1. The fraction of sp³-hybridized carbons (Fsp3) is 0.235. The second-order valence-corrected chi connectivity index (χ2v) is 5.38. The van der Waals surface area contributed by atoms with Gasteiger partial charge in [-0.2, -0.15) is 0 Å². The van der Waals surface area contributed by atoms with E-state index in [1.165, 1.54) is 11.1 Å². The number of esters is 1. The van der Waals surface area contributed by atoms with Crippen molar-refractivity contribution in [2.24, 2.45) is 5.92 Å². The average Bonchev–Trinajstić information content (AvgIpc) is 3.06. The van der Waals surface area contributed by atoms with E-state index in [2.05, 4.69) is 24.3 Å². The topological polar surface area (TPSA) is 26.3 Å². The van der Waals surface area contributed by atoms with Crippen molar-refractivity contribution in [3.8, 4) is 0 Å². The number of cyclic esters (lactones) is 1. The van der Waals surface area contributed by atoms with E-state index in [0.29, 0.717) is 6.61 Å². The van der Waals surface area contributed by atoms with Crippen LogP contribution in [-0.4, -0.2) is 12.6 Å². The number of carbonyl (C=O) groups excluding carboxylic acids is 1. The molecule has 2 nitrogen and oxygen atoms in total. The summed E-state index contributed by atoms with van der Waals surface area (Å²) in [6.07, 6.45) is 0. The van der Waals surface area contributed by atoms with E-state index in [4.69, 9.17) is 4.74 Å². The lowest BCUT2D eigenvalue weighted by molar-refractivity contribution is -0.141. The van der Waals surface area contributed by atoms with Gasteiger partial charge in [0.15, 0.2) is 0 Å². The number of benzene rings is 2. The Morgan fingerprint density at radius 3 is 2.21 bits per heavy atom. The highest BCUT2D eigenvalue weighted by molar-refractivity contribution is 5.85. The number of hydrogen-bond donors (Lipinski definition) is 0. The van der Waals surface area contributed by atoms with Crippen molar-refractivity contribution in [2.75, 3.05) is 6.61 Å². The molecule has 1 saturated carbocycles. The summed E-state index contributed by atoms with van der Waals surface area (Å²) in [5, 5.41) is 0. The van der Waals surface area contributed by atoms with Crippen LogP contribution >= 0.6 is 0 Å². The molecule has 0 radical (unpaired) electrons. The second kappa shape index (κ2) is 3.70. The summed E-state index contributed by atoms with van der Waals surface area (Å²) in [6, 6.07) is 20.6. The standard InChI is InChI=1S/C17H14O2/c18-16-15-14(12-7-3-1-4-8-12)17(15,11-19-16)13-9-5-2-6-10-13/h1-10,14-15H,11H2/t14-,15?,17+/m1/s1. The predicted octanol–water partition coefficient (Wildman–Crippen LogP) is 2.89. The van der Waals surface area contributed by atoms with Gasteiger partial charge in [0.1, 0.15) is 6.61 Å². The first kappa shape index (κ1) is 10.8. The lowest BCUT2D eigenvalue weighted by Crippen LogP contribution is -2.14. The van der Waals surface area contributed by atoms with Gasteiger partial charge in [-0.05, 0) is 11.1 Å². The minimum Gasteiger partial charge on any atom is -0.464 e. The molecule has 2 fully saturated rings. The molecule has 1 aliphatic carbocycles. The summed E-state index contributed by atoms with van der Waals surface area (Å²) < 4.78 is 5.29. The summed E-state index contributed by atoms with van der Waals surface area (Å²) >= 11 is 0. The lowest BCUT2D eigenvalue weighted by atomic mass is 9.91. The molecule has 3 atom stereocenters. The first-order valence-electron chi connectivity index (χ1n) is 6.61. The molecule has 1 heterocycles. The molecule has 2 aromatic carbocycles. The first-order chi connectivity index (χ1) is 9.34. The van der Waals surface area contributed by atoms with Crippen molar-refractivity contribution in [1.82, 2.24) is 0 Å². The monoisotopic (exact) mass is 250 g/mol. The van der Waals surface area contributed by atoms with Gasteiger partial charge in [0.25, 0.3) is 0 Å². The van der Waals surface area contributed by atoms with Crippen LogP contribution in [0.5, 0.6) is 0 Å². The second-order valence-electron chi connectivity index (χ2n) is 5.38. The number of fused-ring (bicyclic) bond motifs is 1. The Labute approximate surface area is 112 Å². The SMILES string of the molecule is O=C1OC[C@@]2(c3ccccc3)C1[C@H]2c1ccccc1. The number of carbonyl (C=O) groups is 1. The van der Waals surface area contributed by atoms with Gasteiger partial charge in [-0.1, -0.05) is 60.7 Å². The van der Waals surface area contributed by atoms with Crippen LogP contribution in [0.3, 0.4) is 0 Å². The maximum Gasteiger partial charge on any atom is 0.310 e. The third-order valence-electron chi connectivity index (χ3n) is 4.51. The van der Waals surface area contributed by atoms with E-state index in [9.17, 15) is 4.79 Å². The Balaban J connectivity index is 1.81. The highest BCUT2D eigenvalue weighted by Crippen LogP contribution is 2.69. The van der Waals surface area contributed by atoms with Gasteiger partial charge in [-0.3, -0.25) is 4.79 Å². The normalized spacial score (nSPS) is 31.7. The minimum atomic E-state index is -0.125. The van der Waals surface area contributed by atoms with Gasteiger partial charge in [-0.25, -0.2) is 0 Å². The smallest absolute Gasteiger partial charge is 0.310 e. The molecule has 4 rings (SSSR count). The Kier molecular flexibility index (Phi) is 2.10. The minimum absolute atomic E-state index is 0.00250. The molecule has 2 aliphatic rings. The van der Waals surface area contributed by atoms with Crippen molar-refractivity contribution in [3.05, 3.63) is 71.8 Å². The zero-order valence-corrected chi connectivity index (χ0v) is 10.5. The molecule has 1 aliphatic heterocycles. The quantitative estimate of drug-likeness (QED) is 0.766. The van der Waals surface area contributed by atoms with Gasteiger partial charge < -0.3 is 4.74 Å². The Hall–Kier alpha value is -2.09. The van der Waals surface area contributed by atoms with Crippen LogP contribution in [0.25, 0.3) is 0 Å². The van der Waals surface area contributed by atoms with E-state index in [-0.39, 0.29) is 23.2 Å². The molecule has 1 saturated heterocycles. The molecule has 0 spiro atoms. The third kappa shape index (κ3) is 1.34. The summed E-state index contributed by atoms with van der Waals surface area (Å²) in [7, 11) is 0. The number of rotatable bonds is 2. The molecule has 0 aromatic heterocycles. The van der Waals surface area contributed by atoms with Gasteiger partial charge in [0, 0.05) is 5.92 Å². The fourth-order valence-electron chi connectivity index (χ4n) is 3.59. The molecule has 94 valence electrons. The van der Waals surface area contributed by atoms with Crippen LogP contribution in [0.1, 0.15) is 17.0 Å². The van der Waals surface area contributed by atoms with E-state index < -0.39 is 0 Å². The van der Waals surface area contributed by atoms with Crippen LogP contribution in [-0.2, 0) is 14.9 Å². The Morgan fingerprint density at radius 1 is 0.895 bits per heavy atom. The van der Waals surface area contributed by atoms with Crippen LogP contribution in [0.15, 0.2) is 60.7 Å². The lowest BCUT2D eigenvalue weighted by Gasteiger charge is -2.15. The summed E-state index contributed by atoms with van der Waals surface area (Å²) in [5.74, 6) is 0.229. The van der Waals surface area contributed by atoms with Gasteiger partial charge in [0.2, 0.25) is 0 Å². The summed E-state index contributed by atoms with van der Waals surface area (Å²) in [5.41, 5.74) is 2.34. The summed E-state index contributed by atoms with van der Waals surface area (Å²) in [6.45, 7) is 0.514. The molecule has 1 unspecified atom stereocenters. The fourth-order valence-corrected chi connectivity index (χ4v) is 3.59. The van der Waals surface area contributed by atoms with Crippen LogP contribution in [0.4, 0.5) is 0 Å². The van der Waals surface area contributed by atoms with Crippen molar-refractivity contribution < 1.29 is 9.53 Å². The van der Waals surface area contributed by atoms with Gasteiger partial charge in [0.05, 0.1) is 11.3 Å². The average molecular weight is 250 g/mol. The Bertz CT molecular complexity index is 620. The van der Waals surface area contributed by atoms with E-state index in [1.807, 2.05) is 36.4 Å². The van der Waals surface area contributed by atoms with E-state index >= 15 is 0 Å². The van der Waals surface area contributed by atoms with E-state index in [0.717, 1.165) is 0 Å². The van der Waals surface area contributed by atoms with Crippen LogP contribution in [0, 0.1) is 5.92 Å². The maximum atomic E-state index is 12.0. The Morgan fingerprint density at radius 2 is 1.53 bits per heavy atom. The third-order valence-corrected chi connectivity index (χ3v) is 4.51. The van der Waals surface area contributed by atoms with Crippen molar-refractivity contribution in [3.63, 3.8) is 0 Å². The molecule has 2 heteroatoms. The van der Waals surface area contributed by atoms with Gasteiger partial charge in [-0.15, -0.1) is 0 Å². The van der Waals surface area contributed by atoms with Crippen molar-refractivity contribution in [1.29, 1.82) is 0 Å². The number of hydrogen-bond acceptors (Lipinski definition) is 2. The summed E-state index contributed by atoms with van der Waals surface area (Å²) in [4.78, 5) is 12.0. The molecule has 0 N–H and O–H groups in total.